The van der Waals surface area contributed by atoms with Crippen molar-refractivity contribution in [3.05, 3.63) is 11.3 Å². The number of phosphoric acid groups is 1. The Labute approximate surface area is 104 Å². The van der Waals surface area contributed by atoms with Gasteiger partial charge < -0.3 is 14.0 Å². The van der Waals surface area contributed by atoms with Crippen LogP contribution in [-0.4, -0.2) is 40.4 Å². The summed E-state index contributed by atoms with van der Waals surface area (Å²) < 4.78 is 34.3. The zero-order valence-electron chi connectivity index (χ0n) is 10.7. The number of methoxy groups -OCH3 is 2. The van der Waals surface area contributed by atoms with E-state index >= 15 is 0 Å². The smallest absolute Gasteiger partial charge is 0.466 e. The van der Waals surface area contributed by atoms with Crippen LogP contribution in [-0.2, 0) is 37.2 Å². The lowest BCUT2D eigenvalue weighted by atomic mass is 10.2. The van der Waals surface area contributed by atoms with Crippen LogP contribution in [0.15, 0.2) is 11.3 Å². The Morgan fingerprint density at radius 2 is 1.33 bits per heavy atom. The van der Waals surface area contributed by atoms with Crippen LogP contribution in [0.4, 0.5) is 0 Å². The number of carbonyl (C=O) groups is 2. The molecule has 0 heterocycles. The molecule has 0 amide bonds. The molecule has 0 fully saturated rings. The van der Waals surface area contributed by atoms with Crippen molar-refractivity contribution in [3.63, 3.8) is 0 Å². The summed E-state index contributed by atoms with van der Waals surface area (Å²) in [6.07, 6.45) is 0. The Hall–Kier alpha value is -1.37. The minimum atomic E-state index is -3.97. The van der Waals surface area contributed by atoms with E-state index in [9.17, 15) is 14.2 Å². The molecule has 9 heteroatoms. The molecular formula is C9H15O8P. The average molecular weight is 282 g/mol. The third kappa shape index (κ3) is 4.14. The van der Waals surface area contributed by atoms with Crippen molar-refractivity contribution in [2.45, 2.75) is 6.92 Å². The lowest BCUT2D eigenvalue weighted by Gasteiger charge is -2.16. The van der Waals surface area contributed by atoms with Crippen LogP contribution in [0, 0.1) is 0 Å². The fourth-order valence-corrected chi connectivity index (χ4v) is 1.59. The van der Waals surface area contributed by atoms with Gasteiger partial charge in [-0.05, 0) is 6.92 Å². The fraction of sp³-hybridized carbons (Fsp3) is 0.556. The first-order valence-corrected chi connectivity index (χ1v) is 6.09. The van der Waals surface area contributed by atoms with Crippen LogP contribution in [0.25, 0.3) is 0 Å². The third-order valence-electron chi connectivity index (χ3n) is 1.85. The van der Waals surface area contributed by atoms with Crippen molar-refractivity contribution in [2.24, 2.45) is 0 Å². The van der Waals surface area contributed by atoms with Crippen LogP contribution in [0.3, 0.4) is 0 Å². The normalized spacial score (nSPS) is 12.5. The van der Waals surface area contributed by atoms with Gasteiger partial charge in [-0.15, -0.1) is 0 Å². The molecule has 0 aliphatic heterocycles. The molecule has 8 nitrogen and oxygen atoms in total. The molecule has 0 rings (SSSR count). The topological polar surface area (TPSA) is 97.4 Å². The molecule has 0 aromatic rings. The second-order valence-corrected chi connectivity index (χ2v) is 4.65. The predicted molar refractivity (Wildman–Crippen MR) is 59.4 cm³/mol. The lowest BCUT2D eigenvalue weighted by Crippen LogP contribution is -2.15. The molecule has 0 saturated carbocycles. The van der Waals surface area contributed by atoms with Gasteiger partial charge in [-0.3, -0.25) is 9.05 Å². The van der Waals surface area contributed by atoms with Gasteiger partial charge >= 0.3 is 19.8 Å². The molecule has 0 N–H and O–H groups in total. The molecule has 0 aliphatic carbocycles. The van der Waals surface area contributed by atoms with E-state index in [2.05, 4.69) is 18.5 Å². The monoisotopic (exact) mass is 282 g/mol. The summed E-state index contributed by atoms with van der Waals surface area (Å²) in [6.45, 7) is 1.24. The molecule has 0 aromatic carbocycles. The third-order valence-corrected chi connectivity index (χ3v) is 3.15. The average Bonchev–Trinajstić information content (AvgIpc) is 2.41. The molecule has 0 radical (unpaired) electrons. The molecule has 0 unspecified atom stereocenters. The minimum absolute atomic E-state index is 0.223. The van der Waals surface area contributed by atoms with Crippen LogP contribution in [0.5, 0.6) is 0 Å². The van der Waals surface area contributed by atoms with Crippen molar-refractivity contribution < 1.29 is 37.2 Å². The van der Waals surface area contributed by atoms with Gasteiger partial charge in [0.25, 0.3) is 0 Å². The van der Waals surface area contributed by atoms with Crippen molar-refractivity contribution in [2.75, 3.05) is 28.4 Å². The van der Waals surface area contributed by atoms with E-state index in [0.717, 1.165) is 28.4 Å². The summed E-state index contributed by atoms with van der Waals surface area (Å²) in [5.41, 5.74) is -0.223. The van der Waals surface area contributed by atoms with Crippen molar-refractivity contribution in [3.8, 4) is 0 Å². The Kier molecular flexibility index (Phi) is 6.61. The second-order valence-electron chi connectivity index (χ2n) is 2.84. The van der Waals surface area contributed by atoms with Crippen molar-refractivity contribution in [1.29, 1.82) is 0 Å². The van der Waals surface area contributed by atoms with Gasteiger partial charge in [0.15, 0.2) is 0 Å². The molecule has 104 valence electrons. The summed E-state index contributed by atoms with van der Waals surface area (Å²) in [7, 11) is 0.338. The number of esters is 2. The van der Waals surface area contributed by atoms with E-state index in [0.29, 0.717) is 0 Å². The molecule has 0 aliphatic rings. The summed E-state index contributed by atoms with van der Waals surface area (Å²) in [5, 5.41) is 0. The van der Waals surface area contributed by atoms with E-state index in [1.807, 2.05) is 0 Å². The summed E-state index contributed by atoms with van der Waals surface area (Å²) >= 11 is 0. The zero-order valence-corrected chi connectivity index (χ0v) is 11.6. The van der Waals surface area contributed by atoms with Gasteiger partial charge in [0, 0.05) is 14.2 Å². The van der Waals surface area contributed by atoms with E-state index in [4.69, 9.17) is 4.52 Å². The van der Waals surface area contributed by atoms with Gasteiger partial charge in [0.1, 0.15) is 0 Å². The first-order chi connectivity index (χ1) is 8.35. The number of carbonyl (C=O) groups excluding carboxylic acids is 2. The Morgan fingerprint density at radius 1 is 0.889 bits per heavy atom. The molecule has 0 aromatic heterocycles. The standard InChI is InChI=1S/C9H15O8P/c1-6(8(10)13-2)7(9(11)14-3)17-18(12,15-4)16-5/h1-5H3. The largest absolute Gasteiger partial charge is 0.529 e. The molecule has 0 bridgehead atoms. The maximum absolute atomic E-state index is 11.7. The van der Waals surface area contributed by atoms with Gasteiger partial charge in [0.05, 0.1) is 19.8 Å². The first kappa shape index (κ1) is 16.6. The Bertz CT molecular complexity index is 391. The van der Waals surface area contributed by atoms with Gasteiger partial charge in [-0.1, -0.05) is 0 Å². The lowest BCUT2D eigenvalue weighted by molar-refractivity contribution is -0.141. The molecule has 0 saturated heterocycles. The van der Waals surface area contributed by atoms with Crippen molar-refractivity contribution >= 4 is 19.8 Å². The first-order valence-electron chi connectivity index (χ1n) is 4.63. The van der Waals surface area contributed by atoms with E-state index in [1.54, 1.807) is 0 Å². The zero-order chi connectivity index (χ0) is 14.3. The van der Waals surface area contributed by atoms with Crippen molar-refractivity contribution in [1.82, 2.24) is 0 Å². The van der Waals surface area contributed by atoms with Crippen LogP contribution in [0.2, 0.25) is 0 Å². The second kappa shape index (κ2) is 7.15. The SMILES string of the molecule is COC(=O)C(C)=C(OP(=O)(OC)OC)C(=O)OC. The summed E-state index contributed by atoms with van der Waals surface area (Å²) in [5.74, 6) is -2.45. The predicted octanol–water partition coefficient (Wildman–Crippen LogP) is 1.02. The van der Waals surface area contributed by atoms with Gasteiger partial charge in [-0.25, -0.2) is 14.2 Å². The number of ether oxygens (including phenoxy) is 2. The highest BCUT2D eigenvalue weighted by Crippen LogP contribution is 2.50. The quantitative estimate of drug-likeness (QED) is 0.308. The minimum Gasteiger partial charge on any atom is -0.466 e. The van der Waals surface area contributed by atoms with E-state index < -0.39 is 25.5 Å². The molecule has 0 spiro atoms. The molecule has 18 heavy (non-hydrogen) atoms. The fourth-order valence-electron chi connectivity index (χ4n) is 0.858. The summed E-state index contributed by atoms with van der Waals surface area (Å²) in [4.78, 5) is 22.7. The number of rotatable bonds is 6. The highest BCUT2D eigenvalue weighted by atomic mass is 31.2. The summed E-state index contributed by atoms with van der Waals surface area (Å²) in [6, 6.07) is 0. The molecular weight excluding hydrogens is 267 g/mol. The molecule has 0 atom stereocenters. The highest BCUT2D eigenvalue weighted by molar-refractivity contribution is 7.48. The van der Waals surface area contributed by atoms with Gasteiger partial charge in [-0.2, -0.15) is 0 Å². The van der Waals surface area contributed by atoms with Gasteiger partial charge in [0.2, 0.25) is 5.76 Å². The maximum atomic E-state index is 11.7. The maximum Gasteiger partial charge on any atom is 0.529 e. The Morgan fingerprint density at radius 3 is 1.67 bits per heavy atom. The van der Waals surface area contributed by atoms with E-state index in [-0.39, 0.29) is 5.57 Å². The van der Waals surface area contributed by atoms with Crippen LogP contribution >= 0.6 is 7.82 Å². The number of hydrogen-bond donors (Lipinski definition) is 0. The highest BCUT2D eigenvalue weighted by Gasteiger charge is 2.32. The van der Waals surface area contributed by atoms with E-state index in [1.165, 1.54) is 6.92 Å². The number of hydrogen-bond acceptors (Lipinski definition) is 8. The van der Waals surface area contributed by atoms with Crippen LogP contribution in [0.1, 0.15) is 6.92 Å². The van der Waals surface area contributed by atoms with Crippen LogP contribution < -0.4 is 0 Å². The number of phosphoric ester groups is 1. The Balaban J connectivity index is 5.47.